The van der Waals surface area contributed by atoms with Crippen molar-refractivity contribution in [3.8, 4) is 0 Å². The van der Waals surface area contributed by atoms with Gasteiger partial charge in [0.2, 0.25) is 0 Å². The molecule has 0 saturated carbocycles. The van der Waals surface area contributed by atoms with Crippen LogP contribution in [0.4, 0.5) is 0 Å². The van der Waals surface area contributed by atoms with E-state index in [9.17, 15) is 0 Å². The van der Waals surface area contributed by atoms with Crippen molar-refractivity contribution in [2.24, 2.45) is 5.41 Å². The molecule has 0 amide bonds. The first-order valence-electron chi connectivity index (χ1n) is 4.71. The van der Waals surface area contributed by atoms with Crippen LogP contribution in [-0.4, -0.2) is 38.1 Å². The Balaban J connectivity index is 3.66. The highest BCUT2D eigenvalue weighted by Gasteiger charge is 2.14. The summed E-state index contributed by atoms with van der Waals surface area (Å²) >= 11 is 0. The molecular weight excluding hydrogens is 148 g/mol. The molecule has 1 atom stereocenters. The molecule has 0 saturated heterocycles. The van der Waals surface area contributed by atoms with Crippen LogP contribution >= 0.6 is 0 Å². The van der Waals surface area contributed by atoms with Crippen molar-refractivity contribution >= 4 is 0 Å². The summed E-state index contributed by atoms with van der Waals surface area (Å²) in [5.74, 6) is 0. The molecule has 0 spiro atoms. The smallest absolute Gasteiger partial charge is 0.0163 e. The number of hydrogen-bond donors (Lipinski definition) is 1. The van der Waals surface area contributed by atoms with Gasteiger partial charge in [-0.1, -0.05) is 20.8 Å². The van der Waals surface area contributed by atoms with Gasteiger partial charge in [-0.3, -0.25) is 0 Å². The van der Waals surface area contributed by atoms with Gasteiger partial charge in [0, 0.05) is 19.1 Å². The van der Waals surface area contributed by atoms with E-state index in [0.29, 0.717) is 11.5 Å². The molecule has 0 aromatic heterocycles. The van der Waals surface area contributed by atoms with Crippen molar-refractivity contribution in [1.29, 1.82) is 0 Å². The molecule has 0 radical (unpaired) electrons. The third-order valence-electron chi connectivity index (χ3n) is 1.82. The quantitative estimate of drug-likeness (QED) is 0.692. The highest BCUT2D eigenvalue weighted by molar-refractivity contribution is 4.69. The van der Waals surface area contributed by atoms with E-state index in [0.717, 1.165) is 13.1 Å². The zero-order chi connectivity index (χ0) is 9.78. The summed E-state index contributed by atoms with van der Waals surface area (Å²) in [5, 5.41) is 3.24. The largest absolute Gasteiger partial charge is 0.316 e. The van der Waals surface area contributed by atoms with E-state index in [2.05, 4.69) is 45.0 Å². The van der Waals surface area contributed by atoms with Crippen molar-refractivity contribution in [2.75, 3.05) is 27.2 Å². The standard InChI is InChI=1S/C10H24N2/c1-9(11-5)7-12(6)8-10(2,3)4/h9,11H,7-8H2,1-6H3. The Morgan fingerprint density at radius 3 is 2.17 bits per heavy atom. The maximum absolute atomic E-state index is 3.24. The molecule has 2 nitrogen and oxygen atoms in total. The topological polar surface area (TPSA) is 15.3 Å². The summed E-state index contributed by atoms with van der Waals surface area (Å²) in [5.41, 5.74) is 0.405. The molecule has 0 aromatic rings. The molecule has 0 aromatic carbocycles. The van der Waals surface area contributed by atoms with Crippen LogP contribution in [0.3, 0.4) is 0 Å². The predicted octanol–water partition coefficient (Wildman–Crippen LogP) is 1.57. The Bertz CT molecular complexity index is 115. The number of rotatable bonds is 4. The number of hydrogen-bond acceptors (Lipinski definition) is 2. The highest BCUT2D eigenvalue weighted by Crippen LogP contribution is 2.13. The Morgan fingerprint density at radius 2 is 1.83 bits per heavy atom. The van der Waals surface area contributed by atoms with Crippen molar-refractivity contribution in [1.82, 2.24) is 10.2 Å². The van der Waals surface area contributed by atoms with Crippen molar-refractivity contribution in [3.63, 3.8) is 0 Å². The fourth-order valence-electron chi connectivity index (χ4n) is 1.43. The first-order valence-corrected chi connectivity index (χ1v) is 4.71. The fraction of sp³-hybridized carbons (Fsp3) is 1.00. The van der Waals surface area contributed by atoms with Crippen LogP contribution in [-0.2, 0) is 0 Å². The van der Waals surface area contributed by atoms with E-state index in [1.165, 1.54) is 0 Å². The first-order chi connectivity index (χ1) is 5.35. The summed E-state index contributed by atoms with van der Waals surface area (Å²) < 4.78 is 0. The molecule has 0 heterocycles. The van der Waals surface area contributed by atoms with Crippen LogP contribution in [0.25, 0.3) is 0 Å². The van der Waals surface area contributed by atoms with E-state index in [1.807, 2.05) is 7.05 Å². The molecule has 1 unspecified atom stereocenters. The molecule has 0 aliphatic heterocycles. The minimum Gasteiger partial charge on any atom is -0.316 e. The zero-order valence-corrected chi connectivity index (χ0v) is 9.44. The number of nitrogens with one attached hydrogen (secondary N) is 1. The average Bonchev–Trinajstić information content (AvgIpc) is 1.82. The molecule has 0 aliphatic carbocycles. The monoisotopic (exact) mass is 172 g/mol. The van der Waals surface area contributed by atoms with Gasteiger partial charge in [-0.2, -0.15) is 0 Å². The van der Waals surface area contributed by atoms with Crippen molar-refractivity contribution < 1.29 is 0 Å². The van der Waals surface area contributed by atoms with Gasteiger partial charge in [0.25, 0.3) is 0 Å². The minimum absolute atomic E-state index is 0.405. The maximum atomic E-state index is 3.24. The van der Waals surface area contributed by atoms with Gasteiger partial charge in [0.05, 0.1) is 0 Å². The van der Waals surface area contributed by atoms with Crippen LogP contribution in [0.1, 0.15) is 27.7 Å². The normalized spacial score (nSPS) is 15.2. The lowest BCUT2D eigenvalue weighted by molar-refractivity contribution is 0.213. The lowest BCUT2D eigenvalue weighted by atomic mass is 9.96. The van der Waals surface area contributed by atoms with Gasteiger partial charge in [0.15, 0.2) is 0 Å². The molecule has 0 bridgehead atoms. The van der Waals surface area contributed by atoms with Gasteiger partial charge in [-0.25, -0.2) is 0 Å². The van der Waals surface area contributed by atoms with Crippen molar-refractivity contribution in [2.45, 2.75) is 33.7 Å². The molecule has 0 aliphatic rings. The van der Waals surface area contributed by atoms with Crippen LogP contribution in [0.15, 0.2) is 0 Å². The molecule has 0 rings (SSSR count). The lowest BCUT2D eigenvalue weighted by Gasteiger charge is -2.28. The predicted molar refractivity (Wildman–Crippen MR) is 55.5 cm³/mol. The Hall–Kier alpha value is -0.0800. The second-order valence-electron chi connectivity index (χ2n) is 4.95. The first kappa shape index (κ1) is 11.9. The van der Waals surface area contributed by atoms with Gasteiger partial charge in [0.1, 0.15) is 0 Å². The Morgan fingerprint density at radius 1 is 1.33 bits per heavy atom. The second kappa shape index (κ2) is 4.83. The van der Waals surface area contributed by atoms with Crippen LogP contribution in [0.5, 0.6) is 0 Å². The number of nitrogens with zero attached hydrogens (tertiary/aromatic N) is 1. The van der Waals surface area contributed by atoms with Gasteiger partial charge < -0.3 is 10.2 Å². The molecule has 12 heavy (non-hydrogen) atoms. The Labute approximate surface area is 77.3 Å². The summed E-state index contributed by atoms with van der Waals surface area (Å²) in [7, 11) is 4.19. The highest BCUT2D eigenvalue weighted by atomic mass is 15.1. The van der Waals surface area contributed by atoms with E-state index in [1.54, 1.807) is 0 Å². The van der Waals surface area contributed by atoms with E-state index < -0.39 is 0 Å². The van der Waals surface area contributed by atoms with Gasteiger partial charge in [-0.05, 0) is 26.4 Å². The third-order valence-corrected chi connectivity index (χ3v) is 1.82. The second-order valence-corrected chi connectivity index (χ2v) is 4.95. The minimum atomic E-state index is 0.405. The molecule has 0 fully saturated rings. The number of likely N-dealkylation sites (N-methyl/N-ethyl adjacent to an activating group) is 2. The molecule has 74 valence electrons. The SMILES string of the molecule is CNC(C)CN(C)CC(C)(C)C. The maximum Gasteiger partial charge on any atom is 0.0163 e. The third kappa shape index (κ3) is 6.62. The van der Waals surface area contributed by atoms with Crippen LogP contribution in [0.2, 0.25) is 0 Å². The summed E-state index contributed by atoms with van der Waals surface area (Å²) in [4.78, 5) is 2.38. The summed E-state index contributed by atoms with van der Waals surface area (Å²) in [6, 6.07) is 0.581. The van der Waals surface area contributed by atoms with E-state index in [4.69, 9.17) is 0 Å². The van der Waals surface area contributed by atoms with Gasteiger partial charge in [-0.15, -0.1) is 0 Å². The lowest BCUT2D eigenvalue weighted by Crippen LogP contribution is -2.39. The zero-order valence-electron chi connectivity index (χ0n) is 9.44. The van der Waals surface area contributed by atoms with Crippen LogP contribution in [0, 0.1) is 5.41 Å². The Kier molecular flexibility index (Phi) is 4.80. The molecule has 1 N–H and O–H groups in total. The van der Waals surface area contributed by atoms with Gasteiger partial charge >= 0.3 is 0 Å². The average molecular weight is 172 g/mol. The van der Waals surface area contributed by atoms with E-state index >= 15 is 0 Å². The summed E-state index contributed by atoms with van der Waals surface area (Å²) in [6.07, 6.45) is 0. The molecule has 2 heteroatoms. The molecular formula is C10H24N2. The van der Waals surface area contributed by atoms with E-state index in [-0.39, 0.29) is 0 Å². The summed E-state index contributed by atoms with van der Waals surface area (Å²) in [6.45, 7) is 11.3. The van der Waals surface area contributed by atoms with Crippen molar-refractivity contribution in [3.05, 3.63) is 0 Å². The fourth-order valence-corrected chi connectivity index (χ4v) is 1.43. The van der Waals surface area contributed by atoms with Crippen LogP contribution < -0.4 is 5.32 Å².